The summed E-state index contributed by atoms with van der Waals surface area (Å²) in [6, 6.07) is 14.2. The van der Waals surface area contributed by atoms with Gasteiger partial charge in [-0.15, -0.1) is 0 Å². The van der Waals surface area contributed by atoms with Gasteiger partial charge in [-0.2, -0.15) is 0 Å². The van der Waals surface area contributed by atoms with E-state index in [9.17, 15) is 5.11 Å². The van der Waals surface area contributed by atoms with Gasteiger partial charge >= 0.3 is 0 Å². The molecule has 0 atom stereocenters. The Morgan fingerprint density at radius 2 is 1.95 bits per heavy atom. The summed E-state index contributed by atoms with van der Waals surface area (Å²) in [5, 5.41) is 21.8. The minimum absolute atomic E-state index is 0.0723. The lowest BCUT2D eigenvalue weighted by Gasteiger charge is -2.05. The van der Waals surface area contributed by atoms with E-state index in [1.807, 2.05) is 30.3 Å². The standard InChI is InChI=1S/C17H17NO4/c1-21-17-11-13(8-10-16(17)19)7-9-14(18-20)12-22-15-5-3-2-4-6-15/h2-11,19-20H,12H2,1H3. The summed E-state index contributed by atoms with van der Waals surface area (Å²) in [7, 11) is 1.48. The van der Waals surface area contributed by atoms with Gasteiger partial charge in [-0.1, -0.05) is 35.5 Å². The zero-order valence-electron chi connectivity index (χ0n) is 12.1. The van der Waals surface area contributed by atoms with Crippen LogP contribution in [0.1, 0.15) is 5.56 Å². The number of phenolic OH excluding ortho intramolecular Hbond substituents is 1. The second kappa shape index (κ2) is 7.73. The van der Waals surface area contributed by atoms with Crippen molar-refractivity contribution in [3.8, 4) is 17.2 Å². The Labute approximate surface area is 128 Å². The second-order valence-corrected chi connectivity index (χ2v) is 4.46. The lowest BCUT2D eigenvalue weighted by atomic mass is 10.1. The van der Waals surface area contributed by atoms with Crippen LogP contribution in [0, 0.1) is 0 Å². The second-order valence-electron chi connectivity index (χ2n) is 4.46. The lowest BCUT2D eigenvalue weighted by molar-refractivity contribution is 0.308. The first-order valence-electron chi connectivity index (χ1n) is 6.67. The Balaban J connectivity index is 2.01. The van der Waals surface area contributed by atoms with Crippen LogP contribution in [0.2, 0.25) is 0 Å². The molecule has 0 saturated carbocycles. The third-order valence-corrected chi connectivity index (χ3v) is 2.93. The van der Waals surface area contributed by atoms with Gasteiger partial charge in [0.25, 0.3) is 0 Å². The predicted molar refractivity (Wildman–Crippen MR) is 84.9 cm³/mol. The molecule has 0 spiro atoms. The number of aromatic hydroxyl groups is 1. The van der Waals surface area contributed by atoms with E-state index in [0.29, 0.717) is 17.2 Å². The van der Waals surface area contributed by atoms with E-state index in [1.54, 1.807) is 24.3 Å². The molecule has 0 aliphatic heterocycles. The van der Waals surface area contributed by atoms with Crippen molar-refractivity contribution in [3.05, 3.63) is 60.2 Å². The molecule has 0 aliphatic carbocycles. The molecule has 5 nitrogen and oxygen atoms in total. The average Bonchev–Trinajstić information content (AvgIpc) is 2.57. The first-order valence-corrected chi connectivity index (χ1v) is 6.67. The van der Waals surface area contributed by atoms with Crippen LogP contribution in [0.4, 0.5) is 0 Å². The zero-order valence-corrected chi connectivity index (χ0v) is 12.1. The quantitative estimate of drug-likeness (QED) is 0.487. The van der Waals surface area contributed by atoms with Gasteiger partial charge in [0.2, 0.25) is 0 Å². The summed E-state index contributed by atoms with van der Waals surface area (Å²) in [4.78, 5) is 0. The maximum Gasteiger partial charge on any atom is 0.161 e. The molecule has 2 N–H and O–H groups in total. The molecular weight excluding hydrogens is 282 g/mol. The van der Waals surface area contributed by atoms with Crippen molar-refractivity contribution >= 4 is 11.8 Å². The summed E-state index contributed by atoms with van der Waals surface area (Å²) in [6.07, 6.45) is 3.38. The number of methoxy groups -OCH3 is 1. The van der Waals surface area contributed by atoms with Crippen molar-refractivity contribution in [1.82, 2.24) is 0 Å². The molecule has 2 aromatic carbocycles. The van der Waals surface area contributed by atoms with Gasteiger partial charge in [0, 0.05) is 0 Å². The van der Waals surface area contributed by atoms with E-state index in [1.165, 1.54) is 13.2 Å². The molecule has 2 rings (SSSR count). The first-order chi connectivity index (χ1) is 10.7. The van der Waals surface area contributed by atoms with Gasteiger partial charge in [0.05, 0.1) is 7.11 Å². The van der Waals surface area contributed by atoms with Gasteiger partial charge in [-0.25, -0.2) is 0 Å². The molecule has 0 unspecified atom stereocenters. The van der Waals surface area contributed by atoms with Gasteiger partial charge < -0.3 is 19.8 Å². The van der Waals surface area contributed by atoms with E-state index in [4.69, 9.17) is 14.7 Å². The third kappa shape index (κ3) is 4.28. The highest BCUT2D eigenvalue weighted by Gasteiger charge is 2.02. The number of hydrogen-bond donors (Lipinski definition) is 2. The Bertz CT molecular complexity index is 666. The van der Waals surface area contributed by atoms with E-state index in [-0.39, 0.29) is 12.4 Å². The van der Waals surface area contributed by atoms with Crippen LogP contribution in [0.15, 0.2) is 59.8 Å². The molecule has 0 amide bonds. The Hall–Kier alpha value is -2.95. The van der Waals surface area contributed by atoms with Gasteiger partial charge in [-0.05, 0) is 35.9 Å². The molecule has 0 bridgehead atoms. The topological polar surface area (TPSA) is 71.3 Å². The van der Waals surface area contributed by atoms with Crippen LogP contribution in [0.25, 0.3) is 6.08 Å². The van der Waals surface area contributed by atoms with Crippen LogP contribution in [0.5, 0.6) is 17.2 Å². The summed E-state index contributed by atoms with van der Waals surface area (Å²) in [5.74, 6) is 1.15. The molecule has 0 radical (unpaired) electrons. The molecule has 5 heteroatoms. The Kier molecular flexibility index (Phi) is 5.43. The third-order valence-electron chi connectivity index (χ3n) is 2.93. The van der Waals surface area contributed by atoms with Crippen molar-refractivity contribution < 1.29 is 19.8 Å². The highest BCUT2D eigenvalue weighted by molar-refractivity contribution is 5.99. The number of oxime groups is 1. The number of benzene rings is 2. The lowest BCUT2D eigenvalue weighted by Crippen LogP contribution is -2.08. The van der Waals surface area contributed by atoms with Crippen molar-refractivity contribution in [1.29, 1.82) is 0 Å². The number of para-hydroxylation sites is 1. The van der Waals surface area contributed by atoms with Crippen LogP contribution >= 0.6 is 0 Å². The average molecular weight is 299 g/mol. The molecule has 0 fully saturated rings. The molecule has 0 aromatic heterocycles. The fourth-order valence-electron chi connectivity index (χ4n) is 1.77. The number of phenols is 1. The summed E-state index contributed by atoms with van der Waals surface area (Å²) in [6.45, 7) is 0.145. The van der Waals surface area contributed by atoms with Crippen LogP contribution in [0.3, 0.4) is 0 Å². The summed E-state index contributed by atoms with van der Waals surface area (Å²) < 4.78 is 10.5. The maximum atomic E-state index is 9.54. The number of rotatable bonds is 6. The van der Waals surface area contributed by atoms with Gasteiger partial charge in [0.1, 0.15) is 18.1 Å². The Morgan fingerprint density at radius 1 is 1.18 bits per heavy atom. The van der Waals surface area contributed by atoms with E-state index >= 15 is 0 Å². The number of ether oxygens (including phenoxy) is 2. The maximum absolute atomic E-state index is 9.54. The fraction of sp³-hybridized carbons (Fsp3) is 0.118. The molecule has 0 aliphatic rings. The smallest absolute Gasteiger partial charge is 0.161 e. The van der Waals surface area contributed by atoms with Crippen LogP contribution in [-0.2, 0) is 0 Å². The highest BCUT2D eigenvalue weighted by Crippen LogP contribution is 2.26. The van der Waals surface area contributed by atoms with Crippen molar-refractivity contribution in [2.75, 3.05) is 13.7 Å². The van der Waals surface area contributed by atoms with Gasteiger partial charge in [0.15, 0.2) is 11.5 Å². The van der Waals surface area contributed by atoms with Crippen molar-refractivity contribution in [2.45, 2.75) is 0 Å². The monoisotopic (exact) mass is 299 g/mol. The Morgan fingerprint density at radius 3 is 2.64 bits per heavy atom. The number of hydrogen-bond acceptors (Lipinski definition) is 5. The first kappa shape index (κ1) is 15.4. The van der Waals surface area contributed by atoms with Crippen molar-refractivity contribution in [3.63, 3.8) is 0 Å². The molecule has 114 valence electrons. The largest absolute Gasteiger partial charge is 0.504 e. The van der Waals surface area contributed by atoms with Crippen molar-refractivity contribution in [2.24, 2.45) is 5.16 Å². The van der Waals surface area contributed by atoms with Crippen LogP contribution < -0.4 is 9.47 Å². The number of nitrogens with zero attached hydrogens (tertiary/aromatic N) is 1. The van der Waals surface area contributed by atoms with E-state index in [2.05, 4.69) is 5.16 Å². The minimum atomic E-state index is 0.0723. The molecule has 22 heavy (non-hydrogen) atoms. The van der Waals surface area contributed by atoms with Gasteiger partial charge in [-0.3, -0.25) is 0 Å². The summed E-state index contributed by atoms with van der Waals surface area (Å²) in [5.41, 5.74) is 1.17. The zero-order chi connectivity index (χ0) is 15.8. The highest BCUT2D eigenvalue weighted by atomic mass is 16.5. The molecule has 0 heterocycles. The molecule has 0 saturated heterocycles. The van der Waals surface area contributed by atoms with E-state index in [0.717, 1.165) is 5.56 Å². The molecule has 2 aromatic rings. The molecular formula is C17H17NO4. The fourth-order valence-corrected chi connectivity index (χ4v) is 1.77. The minimum Gasteiger partial charge on any atom is -0.504 e. The summed E-state index contributed by atoms with van der Waals surface area (Å²) >= 11 is 0. The van der Waals surface area contributed by atoms with E-state index < -0.39 is 0 Å². The normalized spacial score (nSPS) is 11.6. The van der Waals surface area contributed by atoms with Crippen LogP contribution in [-0.4, -0.2) is 29.7 Å². The predicted octanol–water partition coefficient (Wildman–Crippen LogP) is 3.32. The SMILES string of the molecule is COc1cc(C=CC(COc2ccccc2)=NO)ccc1O.